The molecule has 1 atom stereocenters. The Labute approximate surface area is 112 Å². The third kappa shape index (κ3) is 2.11. The van der Waals surface area contributed by atoms with E-state index in [4.69, 9.17) is 5.73 Å². The molecule has 2 N–H and O–H groups in total. The van der Waals surface area contributed by atoms with Crippen molar-refractivity contribution < 1.29 is 0 Å². The van der Waals surface area contributed by atoms with Gasteiger partial charge in [-0.1, -0.05) is 48.5 Å². The quantitative estimate of drug-likeness (QED) is 0.752. The van der Waals surface area contributed by atoms with Gasteiger partial charge in [-0.15, -0.1) is 0 Å². The van der Waals surface area contributed by atoms with Gasteiger partial charge in [-0.2, -0.15) is 0 Å². The van der Waals surface area contributed by atoms with Crippen LogP contribution in [-0.4, -0.2) is 4.98 Å². The molecule has 0 aliphatic heterocycles. The van der Waals surface area contributed by atoms with Crippen molar-refractivity contribution in [1.82, 2.24) is 4.98 Å². The molecule has 0 bridgehead atoms. The van der Waals surface area contributed by atoms with Crippen LogP contribution in [0, 0.1) is 6.92 Å². The summed E-state index contributed by atoms with van der Waals surface area (Å²) in [6.45, 7) is 2.05. The van der Waals surface area contributed by atoms with Crippen molar-refractivity contribution in [3.05, 3.63) is 77.6 Å². The van der Waals surface area contributed by atoms with Crippen LogP contribution >= 0.6 is 0 Å². The molecule has 1 heterocycles. The van der Waals surface area contributed by atoms with Crippen molar-refractivity contribution in [1.29, 1.82) is 0 Å². The maximum absolute atomic E-state index is 6.42. The van der Waals surface area contributed by atoms with E-state index in [1.54, 1.807) is 6.20 Å². The van der Waals surface area contributed by atoms with Gasteiger partial charge in [0.2, 0.25) is 0 Å². The summed E-state index contributed by atoms with van der Waals surface area (Å²) in [6.07, 6.45) is 1.80. The SMILES string of the molecule is Cc1cccnc1C(N)c1cccc2ccccc12. The lowest BCUT2D eigenvalue weighted by atomic mass is 9.95. The molecular weight excluding hydrogens is 232 g/mol. The molecule has 0 amide bonds. The normalized spacial score (nSPS) is 12.5. The Bertz CT molecular complexity index is 714. The summed E-state index contributed by atoms with van der Waals surface area (Å²) >= 11 is 0. The number of hydrogen-bond donors (Lipinski definition) is 1. The van der Waals surface area contributed by atoms with Crippen LogP contribution in [0.1, 0.15) is 22.9 Å². The van der Waals surface area contributed by atoms with Crippen LogP contribution < -0.4 is 5.73 Å². The molecule has 0 radical (unpaired) electrons. The Hall–Kier alpha value is -2.19. The van der Waals surface area contributed by atoms with E-state index in [1.807, 2.05) is 31.2 Å². The molecule has 94 valence electrons. The minimum Gasteiger partial charge on any atom is -0.319 e. The van der Waals surface area contributed by atoms with Crippen molar-refractivity contribution >= 4 is 10.8 Å². The van der Waals surface area contributed by atoms with Crippen LogP contribution in [0.2, 0.25) is 0 Å². The summed E-state index contributed by atoms with van der Waals surface area (Å²) in [5.41, 5.74) is 9.62. The first kappa shape index (κ1) is 11.9. The second kappa shape index (κ2) is 4.82. The highest BCUT2D eigenvalue weighted by atomic mass is 14.8. The van der Waals surface area contributed by atoms with Gasteiger partial charge in [-0.25, -0.2) is 0 Å². The monoisotopic (exact) mass is 248 g/mol. The van der Waals surface area contributed by atoms with Crippen LogP contribution in [0.5, 0.6) is 0 Å². The van der Waals surface area contributed by atoms with Crippen LogP contribution in [0.25, 0.3) is 10.8 Å². The van der Waals surface area contributed by atoms with Gasteiger partial charge in [-0.3, -0.25) is 4.98 Å². The lowest BCUT2D eigenvalue weighted by molar-refractivity contribution is 0.825. The average Bonchev–Trinajstić information content (AvgIpc) is 2.46. The molecule has 1 unspecified atom stereocenters. The molecule has 0 saturated carbocycles. The fraction of sp³-hybridized carbons (Fsp3) is 0.118. The minimum atomic E-state index is -0.188. The lowest BCUT2D eigenvalue weighted by Crippen LogP contribution is -2.15. The molecule has 0 saturated heterocycles. The van der Waals surface area contributed by atoms with E-state index in [0.29, 0.717) is 0 Å². The van der Waals surface area contributed by atoms with E-state index in [-0.39, 0.29) is 6.04 Å². The zero-order valence-corrected chi connectivity index (χ0v) is 10.9. The molecule has 3 aromatic rings. The molecule has 0 aliphatic rings. The number of pyridine rings is 1. The number of rotatable bonds is 2. The number of aromatic nitrogens is 1. The summed E-state index contributed by atoms with van der Waals surface area (Å²) < 4.78 is 0. The van der Waals surface area contributed by atoms with Gasteiger partial charge in [0.1, 0.15) is 0 Å². The number of benzene rings is 2. The van der Waals surface area contributed by atoms with Gasteiger partial charge in [0.15, 0.2) is 0 Å². The maximum Gasteiger partial charge on any atom is 0.0735 e. The zero-order chi connectivity index (χ0) is 13.2. The van der Waals surface area contributed by atoms with E-state index in [9.17, 15) is 0 Å². The van der Waals surface area contributed by atoms with Gasteiger partial charge in [-0.05, 0) is 34.9 Å². The largest absolute Gasteiger partial charge is 0.319 e. The van der Waals surface area contributed by atoms with E-state index < -0.39 is 0 Å². The Morgan fingerprint density at radius 3 is 2.58 bits per heavy atom. The summed E-state index contributed by atoms with van der Waals surface area (Å²) in [5, 5.41) is 2.41. The second-order valence-electron chi connectivity index (χ2n) is 4.75. The molecule has 19 heavy (non-hydrogen) atoms. The fourth-order valence-electron chi connectivity index (χ4n) is 2.49. The molecule has 0 spiro atoms. The highest BCUT2D eigenvalue weighted by Crippen LogP contribution is 2.27. The second-order valence-corrected chi connectivity index (χ2v) is 4.75. The zero-order valence-electron chi connectivity index (χ0n) is 10.9. The van der Waals surface area contributed by atoms with Crippen molar-refractivity contribution in [3.63, 3.8) is 0 Å². The molecule has 1 aromatic heterocycles. The highest BCUT2D eigenvalue weighted by Gasteiger charge is 2.14. The lowest BCUT2D eigenvalue weighted by Gasteiger charge is -2.16. The van der Waals surface area contributed by atoms with Crippen LogP contribution in [0.4, 0.5) is 0 Å². The van der Waals surface area contributed by atoms with E-state index in [1.165, 1.54) is 10.8 Å². The standard InChI is InChI=1S/C17H16N2/c1-12-6-5-11-19-17(12)16(18)15-10-4-8-13-7-2-3-9-14(13)15/h2-11,16H,18H2,1H3. The van der Waals surface area contributed by atoms with Crippen molar-refractivity contribution in [2.75, 3.05) is 0 Å². The van der Waals surface area contributed by atoms with Crippen LogP contribution in [-0.2, 0) is 0 Å². The predicted octanol–water partition coefficient (Wildman–Crippen LogP) is 3.59. The molecule has 2 heteroatoms. The first-order chi connectivity index (χ1) is 9.27. The summed E-state index contributed by atoms with van der Waals surface area (Å²) in [5.74, 6) is 0. The Kier molecular flexibility index (Phi) is 3.02. The van der Waals surface area contributed by atoms with E-state index in [0.717, 1.165) is 16.8 Å². The van der Waals surface area contributed by atoms with Crippen molar-refractivity contribution in [2.45, 2.75) is 13.0 Å². The minimum absolute atomic E-state index is 0.188. The molecule has 2 aromatic carbocycles. The number of fused-ring (bicyclic) bond motifs is 1. The summed E-state index contributed by atoms with van der Waals surface area (Å²) in [6, 6.07) is 18.4. The first-order valence-electron chi connectivity index (χ1n) is 6.42. The number of aryl methyl sites for hydroxylation is 1. The summed E-state index contributed by atoms with van der Waals surface area (Å²) in [7, 11) is 0. The first-order valence-corrected chi connectivity index (χ1v) is 6.42. The van der Waals surface area contributed by atoms with Crippen LogP contribution in [0.3, 0.4) is 0 Å². The third-order valence-corrected chi connectivity index (χ3v) is 3.50. The van der Waals surface area contributed by atoms with Crippen LogP contribution in [0.15, 0.2) is 60.8 Å². The highest BCUT2D eigenvalue weighted by molar-refractivity contribution is 5.86. The van der Waals surface area contributed by atoms with Gasteiger partial charge >= 0.3 is 0 Å². The average molecular weight is 248 g/mol. The van der Waals surface area contributed by atoms with E-state index in [2.05, 4.69) is 35.3 Å². The molecule has 0 aliphatic carbocycles. The van der Waals surface area contributed by atoms with E-state index >= 15 is 0 Å². The Balaban J connectivity index is 2.17. The van der Waals surface area contributed by atoms with Gasteiger partial charge in [0.25, 0.3) is 0 Å². The topological polar surface area (TPSA) is 38.9 Å². The number of nitrogens with zero attached hydrogens (tertiary/aromatic N) is 1. The van der Waals surface area contributed by atoms with Gasteiger partial charge < -0.3 is 5.73 Å². The number of nitrogens with two attached hydrogens (primary N) is 1. The third-order valence-electron chi connectivity index (χ3n) is 3.50. The number of hydrogen-bond acceptors (Lipinski definition) is 2. The molecular formula is C17H16N2. The van der Waals surface area contributed by atoms with Gasteiger partial charge in [0, 0.05) is 6.20 Å². The Morgan fingerprint density at radius 1 is 0.947 bits per heavy atom. The van der Waals surface area contributed by atoms with Crippen molar-refractivity contribution in [2.24, 2.45) is 5.73 Å². The smallest absolute Gasteiger partial charge is 0.0735 e. The summed E-state index contributed by atoms with van der Waals surface area (Å²) in [4.78, 5) is 4.44. The molecule has 2 nitrogen and oxygen atoms in total. The molecule has 3 rings (SSSR count). The maximum atomic E-state index is 6.42. The fourth-order valence-corrected chi connectivity index (χ4v) is 2.49. The van der Waals surface area contributed by atoms with Gasteiger partial charge in [0.05, 0.1) is 11.7 Å². The van der Waals surface area contributed by atoms with Crippen molar-refractivity contribution in [3.8, 4) is 0 Å². The predicted molar refractivity (Wildman–Crippen MR) is 79.0 cm³/mol. The Morgan fingerprint density at radius 2 is 1.74 bits per heavy atom. The molecule has 0 fully saturated rings.